The van der Waals surface area contributed by atoms with E-state index < -0.39 is 0 Å². The lowest BCUT2D eigenvalue weighted by Crippen LogP contribution is -2.37. The minimum absolute atomic E-state index is 0.238. The van der Waals surface area contributed by atoms with Gasteiger partial charge in [0, 0.05) is 26.7 Å². The van der Waals surface area contributed by atoms with Crippen LogP contribution < -0.4 is 10.2 Å². The molecule has 0 saturated carbocycles. The number of hydrogen-bond acceptors (Lipinski definition) is 6. The van der Waals surface area contributed by atoms with Gasteiger partial charge in [-0.15, -0.1) is 0 Å². The van der Waals surface area contributed by atoms with Gasteiger partial charge in [0.05, 0.1) is 32.2 Å². The summed E-state index contributed by atoms with van der Waals surface area (Å²) in [6.07, 6.45) is 3.11. The van der Waals surface area contributed by atoms with E-state index in [0.717, 1.165) is 18.9 Å². The molecule has 1 aliphatic heterocycles. The summed E-state index contributed by atoms with van der Waals surface area (Å²) in [4.78, 5) is 22.2. The number of nitrogens with one attached hydrogen (secondary N) is 1. The van der Waals surface area contributed by atoms with Crippen molar-refractivity contribution in [2.24, 2.45) is 0 Å². The van der Waals surface area contributed by atoms with E-state index in [2.05, 4.69) is 20.2 Å². The smallest absolute Gasteiger partial charge is 0.271 e. The SMILES string of the molecule is COCCNC(=O)c1cnc(N2CCOCC2)cn1. The van der Waals surface area contributed by atoms with Crippen LogP contribution in [-0.2, 0) is 9.47 Å². The van der Waals surface area contributed by atoms with E-state index in [1.54, 1.807) is 13.3 Å². The fourth-order valence-corrected chi connectivity index (χ4v) is 1.75. The Morgan fingerprint density at radius 1 is 1.42 bits per heavy atom. The van der Waals surface area contributed by atoms with Crippen LogP contribution in [0, 0.1) is 0 Å². The Morgan fingerprint density at radius 3 is 2.84 bits per heavy atom. The van der Waals surface area contributed by atoms with Gasteiger partial charge in [-0.3, -0.25) is 4.79 Å². The van der Waals surface area contributed by atoms with E-state index in [1.807, 2.05) is 0 Å². The van der Waals surface area contributed by atoms with Gasteiger partial charge in [-0.1, -0.05) is 0 Å². The number of anilines is 1. The Balaban J connectivity index is 1.91. The average Bonchev–Trinajstić information content (AvgIpc) is 2.48. The van der Waals surface area contributed by atoms with Gasteiger partial charge in [0.1, 0.15) is 11.5 Å². The second-order valence-corrected chi connectivity index (χ2v) is 4.11. The predicted octanol–water partition coefficient (Wildman–Crippen LogP) is -0.311. The molecular weight excluding hydrogens is 248 g/mol. The molecule has 7 heteroatoms. The van der Waals surface area contributed by atoms with Crippen molar-refractivity contribution in [3.63, 3.8) is 0 Å². The van der Waals surface area contributed by atoms with Crippen molar-refractivity contribution in [3.8, 4) is 0 Å². The number of rotatable bonds is 5. The zero-order chi connectivity index (χ0) is 13.5. The van der Waals surface area contributed by atoms with Crippen LogP contribution in [-0.4, -0.2) is 62.4 Å². The summed E-state index contributed by atoms with van der Waals surface area (Å²) in [5, 5.41) is 2.70. The molecule has 19 heavy (non-hydrogen) atoms. The highest BCUT2D eigenvalue weighted by molar-refractivity contribution is 5.91. The summed E-state index contributed by atoms with van der Waals surface area (Å²) in [6.45, 7) is 3.93. The molecule has 1 amide bonds. The highest BCUT2D eigenvalue weighted by atomic mass is 16.5. The largest absolute Gasteiger partial charge is 0.383 e. The first-order chi connectivity index (χ1) is 9.31. The number of ether oxygens (including phenoxy) is 2. The van der Waals surface area contributed by atoms with Crippen molar-refractivity contribution in [2.75, 3.05) is 51.5 Å². The molecule has 0 atom stereocenters. The Labute approximate surface area is 111 Å². The van der Waals surface area contributed by atoms with Gasteiger partial charge in [-0.05, 0) is 0 Å². The molecule has 2 heterocycles. The van der Waals surface area contributed by atoms with E-state index in [1.165, 1.54) is 6.20 Å². The minimum atomic E-state index is -0.238. The monoisotopic (exact) mass is 266 g/mol. The Morgan fingerprint density at radius 2 is 2.21 bits per heavy atom. The lowest BCUT2D eigenvalue weighted by molar-refractivity contribution is 0.0931. The standard InChI is InChI=1S/C12H18N4O3/c1-18-5-2-13-12(17)10-8-15-11(9-14-10)16-3-6-19-7-4-16/h8-9H,2-7H2,1H3,(H,13,17). The van der Waals surface area contributed by atoms with Crippen molar-refractivity contribution in [1.29, 1.82) is 0 Å². The molecule has 0 unspecified atom stereocenters. The van der Waals surface area contributed by atoms with Crippen LogP contribution in [0.4, 0.5) is 5.82 Å². The van der Waals surface area contributed by atoms with Gasteiger partial charge in [0.2, 0.25) is 0 Å². The molecule has 7 nitrogen and oxygen atoms in total. The van der Waals surface area contributed by atoms with Gasteiger partial charge >= 0.3 is 0 Å². The lowest BCUT2D eigenvalue weighted by Gasteiger charge is -2.27. The van der Waals surface area contributed by atoms with Crippen molar-refractivity contribution >= 4 is 11.7 Å². The van der Waals surface area contributed by atoms with Gasteiger partial charge in [0.15, 0.2) is 0 Å². The highest BCUT2D eigenvalue weighted by Gasteiger charge is 2.14. The maximum atomic E-state index is 11.7. The van der Waals surface area contributed by atoms with Crippen molar-refractivity contribution < 1.29 is 14.3 Å². The maximum Gasteiger partial charge on any atom is 0.271 e. The Bertz CT molecular complexity index is 404. The molecular formula is C12H18N4O3. The highest BCUT2D eigenvalue weighted by Crippen LogP contribution is 2.10. The molecule has 1 aromatic rings. The van der Waals surface area contributed by atoms with E-state index in [9.17, 15) is 4.79 Å². The van der Waals surface area contributed by atoms with Crippen molar-refractivity contribution in [3.05, 3.63) is 18.1 Å². The molecule has 0 aliphatic carbocycles. The van der Waals surface area contributed by atoms with Crippen LogP contribution in [0.5, 0.6) is 0 Å². The Hall–Kier alpha value is -1.73. The summed E-state index contributed by atoms with van der Waals surface area (Å²) < 4.78 is 10.1. The first-order valence-electron chi connectivity index (χ1n) is 6.23. The van der Waals surface area contributed by atoms with Gasteiger partial charge in [-0.25, -0.2) is 9.97 Å². The van der Waals surface area contributed by atoms with E-state index >= 15 is 0 Å². The second-order valence-electron chi connectivity index (χ2n) is 4.11. The predicted molar refractivity (Wildman–Crippen MR) is 69.3 cm³/mol. The average molecular weight is 266 g/mol. The summed E-state index contributed by atoms with van der Waals surface area (Å²) in [7, 11) is 1.59. The molecule has 1 aliphatic rings. The van der Waals surface area contributed by atoms with Gasteiger partial charge in [0.25, 0.3) is 5.91 Å². The zero-order valence-electron chi connectivity index (χ0n) is 11.0. The zero-order valence-corrected chi connectivity index (χ0v) is 11.0. The summed E-state index contributed by atoms with van der Waals surface area (Å²) in [6, 6.07) is 0. The third kappa shape index (κ3) is 3.87. The molecule has 2 rings (SSSR count). The number of carbonyl (C=O) groups excluding carboxylic acids is 1. The van der Waals surface area contributed by atoms with Crippen LogP contribution in [0.3, 0.4) is 0 Å². The number of nitrogens with zero attached hydrogens (tertiary/aromatic N) is 3. The number of methoxy groups -OCH3 is 1. The third-order valence-electron chi connectivity index (χ3n) is 2.80. The first-order valence-corrected chi connectivity index (χ1v) is 6.23. The molecule has 1 fully saturated rings. The van der Waals surface area contributed by atoms with Gasteiger partial charge in [-0.2, -0.15) is 0 Å². The number of aromatic nitrogens is 2. The summed E-state index contributed by atoms with van der Waals surface area (Å²) in [5.41, 5.74) is 0.313. The van der Waals surface area contributed by atoms with E-state index in [-0.39, 0.29) is 5.91 Å². The number of hydrogen-bond donors (Lipinski definition) is 1. The quantitative estimate of drug-likeness (QED) is 0.737. The topological polar surface area (TPSA) is 76.6 Å². The summed E-state index contributed by atoms with van der Waals surface area (Å²) in [5.74, 6) is 0.537. The lowest BCUT2D eigenvalue weighted by atomic mass is 10.4. The second kappa shape index (κ2) is 7.01. The Kier molecular flexibility index (Phi) is 5.05. The fraction of sp³-hybridized carbons (Fsp3) is 0.583. The fourth-order valence-electron chi connectivity index (χ4n) is 1.75. The van der Waals surface area contributed by atoms with Crippen LogP contribution in [0.15, 0.2) is 12.4 Å². The van der Waals surface area contributed by atoms with Crippen LogP contribution in [0.2, 0.25) is 0 Å². The molecule has 0 spiro atoms. The molecule has 1 aromatic heterocycles. The number of carbonyl (C=O) groups is 1. The molecule has 1 N–H and O–H groups in total. The summed E-state index contributed by atoms with van der Waals surface area (Å²) >= 11 is 0. The van der Waals surface area contributed by atoms with E-state index in [0.29, 0.717) is 32.1 Å². The number of amides is 1. The van der Waals surface area contributed by atoms with Crippen molar-refractivity contribution in [2.45, 2.75) is 0 Å². The molecule has 0 bridgehead atoms. The van der Waals surface area contributed by atoms with Crippen LogP contribution in [0.25, 0.3) is 0 Å². The molecule has 104 valence electrons. The first kappa shape index (κ1) is 13.7. The van der Waals surface area contributed by atoms with Gasteiger partial charge < -0.3 is 19.7 Å². The van der Waals surface area contributed by atoms with Crippen LogP contribution >= 0.6 is 0 Å². The molecule has 1 saturated heterocycles. The maximum absolute atomic E-state index is 11.7. The van der Waals surface area contributed by atoms with Crippen molar-refractivity contribution in [1.82, 2.24) is 15.3 Å². The van der Waals surface area contributed by atoms with E-state index in [4.69, 9.17) is 9.47 Å². The third-order valence-corrected chi connectivity index (χ3v) is 2.80. The molecule has 0 radical (unpaired) electrons. The molecule has 0 aromatic carbocycles. The normalized spacial score (nSPS) is 15.3. The van der Waals surface area contributed by atoms with Crippen LogP contribution in [0.1, 0.15) is 10.5 Å². The minimum Gasteiger partial charge on any atom is -0.383 e. The number of morpholine rings is 1.